The number of fused-ring (bicyclic) bond motifs is 1. The summed E-state index contributed by atoms with van der Waals surface area (Å²) >= 11 is 0. The Morgan fingerprint density at radius 1 is 1.22 bits per heavy atom. The van der Waals surface area contributed by atoms with Gasteiger partial charge in [0.15, 0.2) is 0 Å². The van der Waals surface area contributed by atoms with Gasteiger partial charge < -0.3 is 5.11 Å². The lowest BCUT2D eigenvalue weighted by Gasteiger charge is -2.12. The third-order valence-corrected chi connectivity index (χ3v) is 4.23. The molecule has 3 nitrogen and oxygen atoms in total. The maximum Gasteiger partial charge on any atom is 0.417 e. The van der Waals surface area contributed by atoms with Crippen molar-refractivity contribution in [1.82, 2.24) is 0 Å². The predicted octanol–water partition coefficient (Wildman–Crippen LogP) is 2.22. The summed E-state index contributed by atoms with van der Waals surface area (Å²) in [5, 5.41) is 9.59. The largest absolute Gasteiger partial charge is 0.417 e. The summed E-state index contributed by atoms with van der Waals surface area (Å²) in [6.07, 6.45) is -4.71. The molecule has 0 saturated carbocycles. The molecule has 0 amide bonds. The summed E-state index contributed by atoms with van der Waals surface area (Å²) in [4.78, 5) is -0.707. The SMILES string of the molecule is O=S1(=O)C=C(CCO)c2cccc(C(F)(F)F)c21. The highest BCUT2D eigenvalue weighted by molar-refractivity contribution is 7.95. The second-order valence-electron chi connectivity index (χ2n) is 3.84. The minimum Gasteiger partial charge on any atom is -0.396 e. The van der Waals surface area contributed by atoms with E-state index in [0.29, 0.717) is 0 Å². The molecular formula is C11H9F3O3S. The lowest BCUT2D eigenvalue weighted by Crippen LogP contribution is -2.11. The van der Waals surface area contributed by atoms with E-state index in [1.54, 1.807) is 0 Å². The molecule has 0 radical (unpaired) electrons. The zero-order valence-electron chi connectivity index (χ0n) is 9.03. The van der Waals surface area contributed by atoms with Gasteiger partial charge in [-0.2, -0.15) is 13.2 Å². The quantitative estimate of drug-likeness (QED) is 0.902. The van der Waals surface area contributed by atoms with Gasteiger partial charge in [-0.1, -0.05) is 12.1 Å². The molecule has 0 spiro atoms. The fourth-order valence-electron chi connectivity index (χ4n) is 1.94. The first-order valence-corrected chi connectivity index (χ1v) is 6.59. The zero-order chi connectivity index (χ0) is 13.6. The van der Waals surface area contributed by atoms with Crippen LogP contribution in [0.5, 0.6) is 0 Å². The van der Waals surface area contributed by atoms with E-state index in [1.807, 2.05) is 0 Å². The fourth-order valence-corrected chi connectivity index (χ4v) is 3.68. The van der Waals surface area contributed by atoms with Crippen LogP contribution in [-0.4, -0.2) is 20.1 Å². The van der Waals surface area contributed by atoms with Crippen LogP contribution >= 0.6 is 0 Å². The highest BCUT2D eigenvalue weighted by atomic mass is 32.2. The van der Waals surface area contributed by atoms with Crippen molar-refractivity contribution in [2.24, 2.45) is 0 Å². The number of benzene rings is 1. The predicted molar refractivity (Wildman–Crippen MR) is 58.3 cm³/mol. The summed E-state index contributed by atoms with van der Waals surface area (Å²) in [6.45, 7) is -0.322. The van der Waals surface area contributed by atoms with Crippen LogP contribution in [0.1, 0.15) is 17.5 Å². The van der Waals surface area contributed by atoms with E-state index in [0.717, 1.165) is 17.5 Å². The Bertz CT molecular complexity index is 615. The summed E-state index contributed by atoms with van der Waals surface area (Å²) < 4.78 is 61.8. The molecule has 0 aromatic heterocycles. The van der Waals surface area contributed by atoms with E-state index in [-0.39, 0.29) is 24.2 Å². The Kier molecular flexibility index (Phi) is 2.98. The lowest BCUT2D eigenvalue weighted by molar-refractivity contribution is -0.139. The molecule has 1 aromatic rings. The number of hydrogen-bond donors (Lipinski definition) is 1. The first-order valence-electron chi connectivity index (χ1n) is 5.04. The minimum absolute atomic E-state index is 0.00748. The first-order chi connectivity index (χ1) is 8.27. The topological polar surface area (TPSA) is 54.4 Å². The van der Waals surface area contributed by atoms with E-state index >= 15 is 0 Å². The van der Waals surface area contributed by atoms with Crippen LogP contribution in [-0.2, 0) is 16.0 Å². The molecule has 1 heterocycles. The van der Waals surface area contributed by atoms with Crippen molar-refractivity contribution in [3.8, 4) is 0 Å². The average molecular weight is 278 g/mol. The Hall–Kier alpha value is -1.34. The highest BCUT2D eigenvalue weighted by Crippen LogP contribution is 2.43. The Labute approximate surface area is 101 Å². The van der Waals surface area contributed by atoms with Crippen molar-refractivity contribution in [2.45, 2.75) is 17.5 Å². The van der Waals surface area contributed by atoms with Gasteiger partial charge in [-0.05, 0) is 23.6 Å². The van der Waals surface area contributed by atoms with Gasteiger partial charge in [0.2, 0.25) is 9.84 Å². The van der Waals surface area contributed by atoms with Gasteiger partial charge in [-0.15, -0.1) is 0 Å². The molecule has 1 N–H and O–H groups in total. The Morgan fingerprint density at radius 3 is 2.44 bits per heavy atom. The molecule has 7 heteroatoms. The van der Waals surface area contributed by atoms with Crippen LogP contribution in [0.4, 0.5) is 13.2 Å². The summed E-state index contributed by atoms with van der Waals surface area (Å²) in [5.41, 5.74) is -0.929. The third kappa shape index (κ3) is 2.04. The summed E-state index contributed by atoms with van der Waals surface area (Å²) in [5.74, 6) is 0. The number of hydrogen-bond acceptors (Lipinski definition) is 3. The van der Waals surface area contributed by atoms with Crippen LogP contribution in [0, 0.1) is 0 Å². The van der Waals surface area contributed by atoms with Crippen LogP contribution in [0.3, 0.4) is 0 Å². The second kappa shape index (κ2) is 4.10. The fraction of sp³-hybridized carbons (Fsp3) is 0.273. The molecule has 1 aliphatic rings. The maximum absolute atomic E-state index is 12.8. The van der Waals surface area contributed by atoms with Gasteiger partial charge >= 0.3 is 6.18 Å². The Balaban J connectivity index is 2.71. The number of sulfone groups is 1. The number of alkyl halides is 3. The number of halogens is 3. The molecule has 0 unspecified atom stereocenters. The van der Waals surface area contributed by atoms with Gasteiger partial charge in [0.05, 0.1) is 10.5 Å². The summed E-state index contributed by atoms with van der Waals surface area (Å²) in [6, 6.07) is 3.22. The van der Waals surface area contributed by atoms with Gasteiger partial charge in [0.25, 0.3) is 0 Å². The van der Waals surface area contributed by atoms with Crippen LogP contribution < -0.4 is 0 Å². The smallest absolute Gasteiger partial charge is 0.396 e. The van der Waals surface area contributed by atoms with Crippen molar-refractivity contribution in [1.29, 1.82) is 0 Å². The number of aliphatic hydroxyl groups is 1. The molecule has 98 valence electrons. The molecule has 1 aromatic carbocycles. The van der Waals surface area contributed by atoms with Gasteiger partial charge in [-0.25, -0.2) is 8.42 Å². The molecule has 0 fully saturated rings. The molecule has 0 saturated heterocycles. The van der Waals surface area contributed by atoms with E-state index in [1.165, 1.54) is 6.07 Å². The minimum atomic E-state index is -4.72. The standard InChI is InChI=1S/C11H9F3O3S/c12-11(13,14)9-3-1-2-8-7(4-5-15)6-18(16,17)10(8)9/h1-3,6,15H,4-5H2. The maximum atomic E-state index is 12.8. The van der Waals surface area contributed by atoms with E-state index in [4.69, 9.17) is 5.11 Å². The van der Waals surface area contributed by atoms with Crippen molar-refractivity contribution in [3.63, 3.8) is 0 Å². The van der Waals surface area contributed by atoms with Crippen molar-refractivity contribution in [3.05, 3.63) is 34.7 Å². The van der Waals surface area contributed by atoms with Crippen LogP contribution in [0.15, 0.2) is 28.5 Å². The zero-order valence-corrected chi connectivity index (χ0v) is 9.85. The first kappa shape index (κ1) is 13.1. The molecule has 0 atom stereocenters. The molecule has 0 bridgehead atoms. The van der Waals surface area contributed by atoms with Gasteiger partial charge in [-0.3, -0.25) is 0 Å². The molecule has 0 aliphatic carbocycles. The number of aliphatic hydroxyl groups excluding tert-OH is 1. The summed E-state index contributed by atoms with van der Waals surface area (Å²) in [7, 11) is -4.08. The Morgan fingerprint density at radius 2 is 1.89 bits per heavy atom. The molecule has 1 aliphatic heterocycles. The highest BCUT2D eigenvalue weighted by Gasteiger charge is 2.40. The molecule has 18 heavy (non-hydrogen) atoms. The second-order valence-corrected chi connectivity index (χ2v) is 5.58. The van der Waals surface area contributed by atoms with Crippen LogP contribution in [0.2, 0.25) is 0 Å². The number of rotatable bonds is 2. The van der Waals surface area contributed by atoms with E-state index < -0.39 is 26.5 Å². The normalized spacial score (nSPS) is 17.4. The van der Waals surface area contributed by atoms with Gasteiger partial charge in [0.1, 0.15) is 0 Å². The lowest BCUT2D eigenvalue weighted by atomic mass is 10.0. The van der Waals surface area contributed by atoms with Gasteiger partial charge in [0, 0.05) is 12.0 Å². The van der Waals surface area contributed by atoms with Crippen molar-refractivity contribution >= 4 is 15.4 Å². The average Bonchev–Trinajstić information content (AvgIpc) is 2.50. The molecule has 2 rings (SSSR count). The van der Waals surface area contributed by atoms with E-state index in [9.17, 15) is 21.6 Å². The van der Waals surface area contributed by atoms with Crippen molar-refractivity contribution < 1.29 is 26.7 Å². The van der Waals surface area contributed by atoms with E-state index in [2.05, 4.69) is 0 Å². The third-order valence-electron chi connectivity index (χ3n) is 2.63. The molecular weight excluding hydrogens is 269 g/mol. The monoisotopic (exact) mass is 278 g/mol. The van der Waals surface area contributed by atoms with Crippen LogP contribution in [0.25, 0.3) is 5.57 Å². The van der Waals surface area contributed by atoms with Crippen molar-refractivity contribution in [2.75, 3.05) is 6.61 Å².